The molecule has 6 rings (SSSR count). The van der Waals surface area contributed by atoms with Crippen molar-refractivity contribution in [2.75, 3.05) is 13.4 Å². The van der Waals surface area contributed by atoms with Crippen LogP contribution in [0.25, 0.3) is 6.08 Å². The van der Waals surface area contributed by atoms with Gasteiger partial charge in [-0.05, 0) is 92.4 Å². The molecule has 30 heavy (non-hydrogen) atoms. The summed E-state index contributed by atoms with van der Waals surface area (Å²) in [6.45, 7) is 2.09. The van der Waals surface area contributed by atoms with Crippen LogP contribution in [0.4, 0.5) is 0 Å². The number of amides is 1. The summed E-state index contributed by atoms with van der Waals surface area (Å²) < 4.78 is 15.7. The number of fused-ring (bicyclic) bond motifs is 1. The molecule has 4 saturated carbocycles. The van der Waals surface area contributed by atoms with Gasteiger partial charge in [-0.25, -0.2) is 4.79 Å². The molecule has 4 fully saturated rings. The first-order valence-corrected chi connectivity index (χ1v) is 11.0. The molecule has 6 heteroatoms. The van der Waals surface area contributed by atoms with E-state index in [-0.39, 0.29) is 30.8 Å². The summed E-state index contributed by atoms with van der Waals surface area (Å²) in [5.74, 6) is 3.12. The van der Waals surface area contributed by atoms with Crippen molar-refractivity contribution in [1.29, 1.82) is 0 Å². The van der Waals surface area contributed by atoms with Gasteiger partial charge in [-0.2, -0.15) is 0 Å². The minimum absolute atomic E-state index is 0.126. The molecule has 0 aromatic heterocycles. The highest BCUT2D eigenvalue weighted by atomic mass is 16.7. The lowest BCUT2D eigenvalue weighted by Crippen LogP contribution is -2.56. The first-order valence-electron chi connectivity index (χ1n) is 11.0. The smallest absolute Gasteiger partial charge is 0.331 e. The number of rotatable bonds is 6. The van der Waals surface area contributed by atoms with Gasteiger partial charge < -0.3 is 19.5 Å². The van der Waals surface area contributed by atoms with Crippen molar-refractivity contribution >= 4 is 18.0 Å². The van der Waals surface area contributed by atoms with Crippen LogP contribution in [0.5, 0.6) is 11.5 Å². The largest absolute Gasteiger partial charge is 0.454 e. The van der Waals surface area contributed by atoms with Gasteiger partial charge in [-0.1, -0.05) is 6.07 Å². The average molecular weight is 411 g/mol. The maximum absolute atomic E-state index is 12.4. The molecule has 4 aliphatic carbocycles. The maximum Gasteiger partial charge on any atom is 0.331 e. The summed E-state index contributed by atoms with van der Waals surface area (Å²) >= 11 is 0. The van der Waals surface area contributed by atoms with Gasteiger partial charge in [0.15, 0.2) is 18.1 Å². The molecule has 1 N–H and O–H groups in total. The summed E-state index contributed by atoms with van der Waals surface area (Å²) in [7, 11) is 0. The zero-order valence-corrected chi connectivity index (χ0v) is 17.4. The molecule has 1 aromatic carbocycles. The molecular formula is C24H29NO5. The number of benzene rings is 1. The fourth-order valence-electron chi connectivity index (χ4n) is 6.51. The molecule has 4 bridgehead atoms. The van der Waals surface area contributed by atoms with Gasteiger partial charge in [-0.3, -0.25) is 4.79 Å². The average Bonchev–Trinajstić information content (AvgIpc) is 3.17. The Bertz CT molecular complexity index is 841. The number of carbonyl (C=O) groups is 2. The van der Waals surface area contributed by atoms with E-state index in [9.17, 15) is 9.59 Å². The summed E-state index contributed by atoms with van der Waals surface area (Å²) in [5, 5.41) is 3.12. The molecule has 6 nitrogen and oxygen atoms in total. The lowest BCUT2D eigenvalue weighted by molar-refractivity contribution is -0.145. The standard InChI is InChI=1S/C24H29NO5/c1-15(24-10-17-6-18(11-24)8-19(7-17)12-24)25-22(26)13-28-23(27)5-3-16-2-4-20-21(9-16)30-14-29-20/h2-5,9,15,17-19H,6-8,10-14H2,1H3,(H,25,26)/b5-3+/t15-,17?,18?,19?,24?/m1/s1. The van der Waals surface area contributed by atoms with E-state index in [1.807, 2.05) is 6.07 Å². The molecular weight excluding hydrogens is 382 g/mol. The van der Waals surface area contributed by atoms with Crippen molar-refractivity contribution in [2.45, 2.75) is 51.5 Å². The summed E-state index contributed by atoms with van der Waals surface area (Å²) in [6, 6.07) is 5.55. The van der Waals surface area contributed by atoms with Crippen LogP contribution in [-0.2, 0) is 14.3 Å². The predicted molar refractivity (Wildman–Crippen MR) is 111 cm³/mol. The van der Waals surface area contributed by atoms with E-state index in [4.69, 9.17) is 14.2 Å². The number of esters is 1. The normalized spacial score (nSPS) is 31.7. The summed E-state index contributed by atoms with van der Waals surface area (Å²) in [4.78, 5) is 24.4. The van der Waals surface area contributed by atoms with Gasteiger partial charge in [-0.15, -0.1) is 0 Å². The zero-order valence-electron chi connectivity index (χ0n) is 17.4. The van der Waals surface area contributed by atoms with Crippen LogP contribution < -0.4 is 14.8 Å². The van der Waals surface area contributed by atoms with Gasteiger partial charge in [0.2, 0.25) is 6.79 Å². The van der Waals surface area contributed by atoms with Crippen molar-refractivity contribution < 1.29 is 23.8 Å². The lowest BCUT2D eigenvalue weighted by atomic mass is 9.48. The fraction of sp³-hybridized carbons (Fsp3) is 0.583. The monoisotopic (exact) mass is 411 g/mol. The van der Waals surface area contributed by atoms with Crippen LogP contribution in [0.15, 0.2) is 24.3 Å². The number of carbonyl (C=O) groups excluding carboxylic acids is 2. The Balaban J connectivity index is 1.11. The first-order chi connectivity index (χ1) is 14.5. The van der Waals surface area contributed by atoms with Crippen LogP contribution in [0.2, 0.25) is 0 Å². The van der Waals surface area contributed by atoms with E-state index in [0.29, 0.717) is 11.5 Å². The Labute approximate surface area is 177 Å². The quantitative estimate of drug-likeness (QED) is 0.571. The summed E-state index contributed by atoms with van der Waals surface area (Å²) in [5.41, 5.74) is 1.05. The molecule has 1 atom stereocenters. The van der Waals surface area contributed by atoms with E-state index in [0.717, 1.165) is 23.3 Å². The number of ether oxygens (including phenoxy) is 3. The van der Waals surface area contributed by atoms with Crippen LogP contribution in [-0.4, -0.2) is 31.3 Å². The Hall–Kier alpha value is -2.50. The SMILES string of the molecule is C[C@@H](NC(=O)COC(=O)/C=C/c1ccc2c(c1)OCO2)C12CC3CC(CC(C3)C1)C2. The molecule has 0 radical (unpaired) electrons. The van der Waals surface area contributed by atoms with Gasteiger partial charge in [0.05, 0.1) is 0 Å². The van der Waals surface area contributed by atoms with Gasteiger partial charge >= 0.3 is 5.97 Å². The highest BCUT2D eigenvalue weighted by molar-refractivity contribution is 5.89. The van der Waals surface area contributed by atoms with Gasteiger partial charge in [0.1, 0.15) is 0 Å². The maximum atomic E-state index is 12.4. The third-order valence-corrected chi connectivity index (χ3v) is 7.54. The second-order valence-corrected chi connectivity index (χ2v) is 9.62. The van der Waals surface area contributed by atoms with Crippen molar-refractivity contribution in [3.63, 3.8) is 0 Å². The number of hydrogen-bond donors (Lipinski definition) is 1. The molecule has 1 aliphatic heterocycles. The molecule has 1 aromatic rings. The lowest BCUT2D eigenvalue weighted by Gasteiger charge is -2.59. The molecule has 5 aliphatic rings. The molecule has 0 unspecified atom stereocenters. The van der Waals surface area contributed by atoms with Crippen LogP contribution in [0.3, 0.4) is 0 Å². The fourth-order valence-corrected chi connectivity index (χ4v) is 6.51. The number of hydrogen-bond acceptors (Lipinski definition) is 5. The third kappa shape index (κ3) is 3.80. The molecule has 0 spiro atoms. The second-order valence-electron chi connectivity index (χ2n) is 9.62. The minimum atomic E-state index is -0.537. The minimum Gasteiger partial charge on any atom is -0.454 e. The molecule has 160 valence electrons. The van der Waals surface area contributed by atoms with Crippen molar-refractivity contribution in [3.8, 4) is 11.5 Å². The highest BCUT2D eigenvalue weighted by Crippen LogP contribution is 2.61. The van der Waals surface area contributed by atoms with Crippen LogP contribution in [0.1, 0.15) is 51.0 Å². The van der Waals surface area contributed by atoms with E-state index in [1.54, 1.807) is 18.2 Å². The highest BCUT2D eigenvalue weighted by Gasteiger charge is 2.53. The van der Waals surface area contributed by atoms with Gasteiger partial charge in [0, 0.05) is 12.1 Å². The van der Waals surface area contributed by atoms with Gasteiger partial charge in [0.25, 0.3) is 5.91 Å². The molecule has 1 amide bonds. The number of nitrogens with one attached hydrogen (secondary N) is 1. The Morgan fingerprint density at radius 1 is 1.13 bits per heavy atom. The predicted octanol–water partition coefficient (Wildman–Crippen LogP) is 3.69. The van der Waals surface area contributed by atoms with Crippen LogP contribution >= 0.6 is 0 Å². The van der Waals surface area contributed by atoms with Crippen molar-refractivity contribution in [2.24, 2.45) is 23.2 Å². The van der Waals surface area contributed by atoms with Crippen molar-refractivity contribution in [3.05, 3.63) is 29.8 Å². The third-order valence-electron chi connectivity index (χ3n) is 7.54. The van der Waals surface area contributed by atoms with E-state index < -0.39 is 5.97 Å². The Kier molecular flexibility index (Phi) is 4.95. The van der Waals surface area contributed by atoms with Crippen LogP contribution in [0, 0.1) is 23.2 Å². The zero-order chi connectivity index (χ0) is 20.7. The topological polar surface area (TPSA) is 73.9 Å². The van der Waals surface area contributed by atoms with Crippen molar-refractivity contribution in [1.82, 2.24) is 5.32 Å². The first kappa shape index (κ1) is 19.5. The Morgan fingerprint density at radius 3 is 2.50 bits per heavy atom. The second kappa shape index (κ2) is 7.64. The molecule has 1 heterocycles. The van der Waals surface area contributed by atoms with E-state index in [1.165, 1.54) is 44.6 Å². The molecule has 0 saturated heterocycles. The Morgan fingerprint density at radius 2 is 1.80 bits per heavy atom. The van der Waals surface area contributed by atoms with E-state index in [2.05, 4.69) is 12.2 Å². The summed E-state index contributed by atoms with van der Waals surface area (Å²) in [6.07, 6.45) is 10.8. The van der Waals surface area contributed by atoms with E-state index >= 15 is 0 Å².